The van der Waals surface area contributed by atoms with Gasteiger partial charge in [-0.05, 0) is 6.07 Å². The van der Waals surface area contributed by atoms with Gasteiger partial charge in [0.25, 0.3) is 11.2 Å². The van der Waals surface area contributed by atoms with Crippen LogP contribution in [0, 0.1) is 21.4 Å². The molecule has 0 aliphatic rings. The van der Waals surface area contributed by atoms with E-state index in [1.807, 2.05) is 0 Å². The van der Waals surface area contributed by atoms with E-state index in [0.717, 1.165) is 16.8 Å². The van der Waals surface area contributed by atoms with Crippen molar-refractivity contribution in [2.24, 2.45) is 0 Å². The number of carbonyl (C=O) groups is 1. The van der Waals surface area contributed by atoms with Crippen molar-refractivity contribution < 1.29 is 19.2 Å². The first-order valence-electron chi connectivity index (χ1n) is 7.31. The minimum atomic E-state index is -0.821. The maximum Gasteiger partial charge on any atom is 0.287 e. The molecule has 10 nitrogen and oxygen atoms in total. The fraction of sp³-hybridized carbons (Fsp3) is 0.188. The van der Waals surface area contributed by atoms with E-state index in [1.54, 1.807) is 6.07 Å². The first kappa shape index (κ1) is 19.7. The van der Waals surface area contributed by atoms with Crippen molar-refractivity contribution in [3.63, 3.8) is 0 Å². The Morgan fingerprint density at radius 3 is 2.56 bits per heavy atom. The molecule has 0 unspecified atom stereocenters. The number of hydrogen-bond donors (Lipinski definition) is 1. The van der Waals surface area contributed by atoms with Crippen molar-refractivity contribution in [2.75, 3.05) is 19.5 Å². The van der Waals surface area contributed by atoms with E-state index >= 15 is 0 Å². The molecule has 0 saturated heterocycles. The Morgan fingerprint density at radius 1 is 1.33 bits per heavy atom. The molecule has 2 rings (SSSR count). The van der Waals surface area contributed by atoms with Crippen LogP contribution in [0.3, 0.4) is 0 Å². The minimum absolute atomic E-state index is 0.215. The number of ether oxygens (including phenoxy) is 2. The molecular formula is C16H13ClN4O6. The number of nitriles is 1. The van der Waals surface area contributed by atoms with Crippen molar-refractivity contribution in [3.8, 4) is 17.6 Å². The summed E-state index contributed by atoms with van der Waals surface area (Å²) in [6, 6.07) is 5.28. The van der Waals surface area contributed by atoms with E-state index in [4.69, 9.17) is 26.3 Å². The first-order chi connectivity index (χ1) is 12.8. The van der Waals surface area contributed by atoms with Crippen LogP contribution in [-0.2, 0) is 11.3 Å². The number of pyridine rings is 1. The van der Waals surface area contributed by atoms with Crippen LogP contribution in [0.5, 0.6) is 11.5 Å². The number of halogens is 1. The second kappa shape index (κ2) is 8.20. The van der Waals surface area contributed by atoms with Crippen molar-refractivity contribution in [3.05, 3.63) is 55.5 Å². The summed E-state index contributed by atoms with van der Waals surface area (Å²) in [6.07, 6.45) is 0.890. The number of amides is 1. The van der Waals surface area contributed by atoms with Gasteiger partial charge < -0.3 is 14.8 Å². The topological polar surface area (TPSA) is 136 Å². The zero-order chi connectivity index (χ0) is 20.1. The maximum absolute atomic E-state index is 12.3. The highest BCUT2D eigenvalue weighted by molar-refractivity contribution is 6.32. The molecule has 0 bridgehead atoms. The number of methoxy groups -OCH3 is 2. The zero-order valence-corrected chi connectivity index (χ0v) is 14.9. The largest absolute Gasteiger partial charge is 0.495 e. The number of anilines is 1. The highest BCUT2D eigenvalue weighted by Gasteiger charge is 2.17. The molecule has 1 aromatic carbocycles. The van der Waals surface area contributed by atoms with Gasteiger partial charge >= 0.3 is 0 Å². The molecule has 0 aliphatic carbocycles. The van der Waals surface area contributed by atoms with Gasteiger partial charge in [-0.3, -0.25) is 24.3 Å². The SMILES string of the molecule is COc1cc(OC)c(NC(=O)Cn2cc([N+](=O)[O-])cc(C#N)c2=O)cc1Cl. The number of rotatable bonds is 6. The molecule has 1 heterocycles. The highest BCUT2D eigenvalue weighted by Crippen LogP contribution is 2.35. The molecule has 0 fully saturated rings. The Bertz CT molecular complexity index is 1010. The number of benzene rings is 1. The maximum atomic E-state index is 12.3. The van der Waals surface area contributed by atoms with Crippen molar-refractivity contribution in [1.29, 1.82) is 5.26 Å². The third kappa shape index (κ3) is 4.34. The van der Waals surface area contributed by atoms with Gasteiger partial charge in [0.05, 0.1) is 36.0 Å². The lowest BCUT2D eigenvalue weighted by atomic mass is 10.2. The summed E-state index contributed by atoms with van der Waals surface area (Å²) >= 11 is 6.02. The summed E-state index contributed by atoms with van der Waals surface area (Å²) in [4.78, 5) is 34.6. The molecule has 140 valence electrons. The Labute approximate surface area is 157 Å². The Balaban J connectivity index is 2.33. The van der Waals surface area contributed by atoms with Gasteiger partial charge in [-0.15, -0.1) is 0 Å². The predicted molar refractivity (Wildman–Crippen MR) is 95.3 cm³/mol. The summed E-state index contributed by atoms with van der Waals surface area (Å²) in [6.45, 7) is -0.554. The lowest BCUT2D eigenvalue weighted by Gasteiger charge is -2.13. The van der Waals surface area contributed by atoms with E-state index in [2.05, 4.69) is 5.32 Å². The number of aromatic nitrogens is 1. The average molecular weight is 393 g/mol. The normalized spacial score (nSPS) is 10.0. The van der Waals surface area contributed by atoms with Gasteiger partial charge in [-0.1, -0.05) is 11.6 Å². The van der Waals surface area contributed by atoms with Gasteiger partial charge in [-0.2, -0.15) is 5.26 Å². The fourth-order valence-electron chi connectivity index (χ4n) is 2.22. The summed E-state index contributed by atoms with van der Waals surface area (Å²) in [5.74, 6) is -0.0881. The fourth-order valence-corrected chi connectivity index (χ4v) is 2.46. The van der Waals surface area contributed by atoms with Gasteiger partial charge in [0.1, 0.15) is 29.7 Å². The van der Waals surface area contributed by atoms with Crippen LogP contribution in [-0.4, -0.2) is 29.6 Å². The molecule has 0 atom stereocenters. The van der Waals surface area contributed by atoms with E-state index in [0.29, 0.717) is 5.75 Å². The van der Waals surface area contributed by atoms with Crippen LogP contribution >= 0.6 is 11.6 Å². The van der Waals surface area contributed by atoms with Crippen molar-refractivity contribution >= 4 is 28.9 Å². The number of nitro groups is 1. The number of hydrogen-bond acceptors (Lipinski definition) is 7. The Kier molecular flexibility index (Phi) is 5.99. The highest BCUT2D eigenvalue weighted by atomic mass is 35.5. The molecule has 1 amide bonds. The second-order valence-corrected chi connectivity index (χ2v) is 5.56. The molecule has 1 aromatic heterocycles. The average Bonchev–Trinajstić information content (AvgIpc) is 2.63. The lowest BCUT2D eigenvalue weighted by molar-refractivity contribution is -0.385. The molecule has 0 saturated carbocycles. The van der Waals surface area contributed by atoms with Crippen LogP contribution in [0.1, 0.15) is 5.56 Å². The van der Waals surface area contributed by atoms with Crippen LogP contribution in [0.2, 0.25) is 5.02 Å². The van der Waals surface area contributed by atoms with Crippen molar-refractivity contribution in [2.45, 2.75) is 6.54 Å². The van der Waals surface area contributed by atoms with Gasteiger partial charge in [0.2, 0.25) is 5.91 Å². The first-order valence-corrected chi connectivity index (χ1v) is 7.68. The summed E-state index contributed by atoms with van der Waals surface area (Å²) in [5.41, 5.74) is -1.53. The quantitative estimate of drug-likeness (QED) is 0.585. The predicted octanol–water partition coefficient (Wildman–Crippen LogP) is 1.94. The van der Waals surface area contributed by atoms with E-state index in [1.165, 1.54) is 26.4 Å². The molecule has 0 aliphatic heterocycles. The molecular weight excluding hydrogens is 380 g/mol. The van der Waals surface area contributed by atoms with Crippen LogP contribution < -0.4 is 20.3 Å². The molecule has 0 radical (unpaired) electrons. The zero-order valence-electron chi connectivity index (χ0n) is 14.2. The van der Waals surface area contributed by atoms with E-state index in [-0.39, 0.29) is 16.5 Å². The Morgan fingerprint density at radius 2 is 2.00 bits per heavy atom. The third-order valence-electron chi connectivity index (χ3n) is 3.46. The summed E-state index contributed by atoms with van der Waals surface area (Å²) < 4.78 is 11.0. The Hall–Kier alpha value is -3.58. The van der Waals surface area contributed by atoms with Crippen molar-refractivity contribution in [1.82, 2.24) is 4.57 Å². The van der Waals surface area contributed by atoms with Gasteiger partial charge in [-0.25, -0.2) is 0 Å². The van der Waals surface area contributed by atoms with Crippen LogP contribution in [0.15, 0.2) is 29.2 Å². The van der Waals surface area contributed by atoms with Gasteiger partial charge in [0.15, 0.2) is 0 Å². The third-order valence-corrected chi connectivity index (χ3v) is 3.76. The number of nitrogens with one attached hydrogen (secondary N) is 1. The summed E-state index contributed by atoms with van der Waals surface area (Å²) in [5, 5.41) is 22.6. The van der Waals surface area contributed by atoms with Crippen LogP contribution in [0.25, 0.3) is 0 Å². The standard InChI is InChI=1S/C16H13ClN4O6/c1-26-13-5-14(27-2)12(4-11(13)17)19-15(22)8-20-7-10(21(24)25)3-9(6-18)16(20)23/h3-5,7H,8H2,1-2H3,(H,19,22). The van der Waals surface area contributed by atoms with Crippen LogP contribution in [0.4, 0.5) is 11.4 Å². The van der Waals surface area contributed by atoms with E-state index < -0.39 is 34.2 Å². The molecule has 2 aromatic rings. The lowest BCUT2D eigenvalue weighted by Crippen LogP contribution is -2.29. The van der Waals surface area contributed by atoms with Gasteiger partial charge in [0, 0.05) is 12.1 Å². The molecule has 11 heteroatoms. The van der Waals surface area contributed by atoms with E-state index in [9.17, 15) is 19.7 Å². The second-order valence-electron chi connectivity index (χ2n) is 5.15. The monoisotopic (exact) mass is 392 g/mol. The number of nitrogens with zero attached hydrogens (tertiary/aromatic N) is 3. The molecule has 27 heavy (non-hydrogen) atoms. The smallest absolute Gasteiger partial charge is 0.287 e. The summed E-state index contributed by atoms with van der Waals surface area (Å²) in [7, 11) is 2.79. The number of carbonyl (C=O) groups excluding carboxylic acids is 1. The molecule has 0 spiro atoms. The minimum Gasteiger partial charge on any atom is -0.495 e. The molecule has 1 N–H and O–H groups in total.